The van der Waals surface area contributed by atoms with Crippen molar-refractivity contribution in [3.63, 3.8) is 0 Å². The van der Waals surface area contributed by atoms with Crippen molar-refractivity contribution >= 4 is 27.9 Å². The predicted octanol–water partition coefficient (Wildman–Crippen LogP) is 4.90. The minimum Gasteiger partial charge on any atom is -0.319 e. The molecule has 0 saturated heterocycles. The molecule has 0 unspecified atom stereocenters. The highest BCUT2D eigenvalue weighted by atomic mass is 32.1. The summed E-state index contributed by atoms with van der Waals surface area (Å²) < 4.78 is 28.6. The molecule has 4 aromatic rings. The maximum atomic E-state index is 13.7. The number of nitrogens with one attached hydrogen (secondary N) is 1. The van der Waals surface area contributed by atoms with E-state index in [9.17, 15) is 13.6 Å². The molecular formula is C19H13F2N3OS. The van der Waals surface area contributed by atoms with Crippen LogP contribution in [0.4, 0.5) is 14.5 Å². The summed E-state index contributed by atoms with van der Waals surface area (Å²) in [4.78, 5) is 18.1. The summed E-state index contributed by atoms with van der Waals surface area (Å²) in [7, 11) is 0. The Hall–Kier alpha value is -3.06. The van der Waals surface area contributed by atoms with E-state index < -0.39 is 5.82 Å². The smallest absolute Gasteiger partial charge is 0.267 e. The molecule has 7 heteroatoms. The number of carbonyl (C=O) groups is 1. The average Bonchev–Trinajstić information content (AvgIpc) is 3.17. The third-order valence-electron chi connectivity index (χ3n) is 4.03. The van der Waals surface area contributed by atoms with Crippen LogP contribution < -0.4 is 5.32 Å². The summed E-state index contributed by atoms with van der Waals surface area (Å²) in [6.45, 7) is 1.80. The molecular weight excluding hydrogens is 356 g/mol. The quantitative estimate of drug-likeness (QED) is 0.558. The summed E-state index contributed by atoms with van der Waals surface area (Å²) in [5.74, 6) is -1.18. The van der Waals surface area contributed by atoms with Gasteiger partial charge in [-0.1, -0.05) is 23.5 Å². The van der Waals surface area contributed by atoms with Gasteiger partial charge in [0.25, 0.3) is 5.91 Å². The molecule has 0 radical (unpaired) electrons. The number of benzene rings is 2. The fraction of sp³-hybridized carbons (Fsp3) is 0.0526. The lowest BCUT2D eigenvalue weighted by molar-refractivity contribution is 0.102. The number of nitrogens with zero attached hydrogens (tertiary/aromatic N) is 2. The van der Waals surface area contributed by atoms with E-state index in [1.807, 2.05) is 0 Å². The van der Waals surface area contributed by atoms with Crippen molar-refractivity contribution in [2.24, 2.45) is 0 Å². The Morgan fingerprint density at radius 1 is 1.12 bits per heavy atom. The first-order valence-corrected chi connectivity index (χ1v) is 8.65. The maximum Gasteiger partial charge on any atom is 0.267 e. The number of hydrogen-bond donors (Lipinski definition) is 1. The van der Waals surface area contributed by atoms with E-state index >= 15 is 0 Å². The number of amides is 1. The molecule has 0 fully saturated rings. The fourth-order valence-corrected chi connectivity index (χ4v) is 3.67. The van der Waals surface area contributed by atoms with Gasteiger partial charge in [-0.05, 0) is 43.3 Å². The van der Waals surface area contributed by atoms with Crippen molar-refractivity contribution in [3.05, 3.63) is 76.9 Å². The van der Waals surface area contributed by atoms with Gasteiger partial charge < -0.3 is 5.32 Å². The van der Waals surface area contributed by atoms with Gasteiger partial charge in [0.1, 0.15) is 16.5 Å². The number of aryl methyl sites for hydroxylation is 1. The summed E-state index contributed by atoms with van der Waals surface area (Å²) in [6, 6.07) is 12.1. The number of fused-ring (bicyclic) bond motifs is 1. The van der Waals surface area contributed by atoms with Crippen LogP contribution >= 0.6 is 11.3 Å². The minimum absolute atomic E-state index is 0.134. The van der Waals surface area contributed by atoms with Crippen molar-refractivity contribution in [2.45, 2.75) is 6.92 Å². The third kappa shape index (κ3) is 2.86. The Labute approximate surface area is 151 Å². The molecule has 0 atom stereocenters. The molecule has 2 heterocycles. The lowest BCUT2D eigenvalue weighted by Gasteiger charge is -2.05. The molecule has 0 aliphatic heterocycles. The molecule has 2 aromatic carbocycles. The van der Waals surface area contributed by atoms with Gasteiger partial charge in [0.05, 0.1) is 11.4 Å². The van der Waals surface area contributed by atoms with Gasteiger partial charge in [-0.2, -0.15) is 0 Å². The molecule has 0 saturated carbocycles. The molecule has 0 aliphatic rings. The molecule has 2 aromatic heterocycles. The Bertz CT molecular complexity index is 1120. The number of halogens is 2. The monoisotopic (exact) mass is 369 g/mol. The van der Waals surface area contributed by atoms with Crippen LogP contribution in [0.2, 0.25) is 0 Å². The normalized spacial score (nSPS) is 11.0. The van der Waals surface area contributed by atoms with E-state index in [1.165, 1.54) is 35.6 Å². The SMILES string of the molecule is Cc1c(C(=O)Nc2ccccc2F)sc2nc(-c3ccc(F)cc3)cn12. The first-order valence-electron chi connectivity index (χ1n) is 7.83. The number of imidazole rings is 1. The number of aromatic nitrogens is 2. The van der Waals surface area contributed by atoms with Crippen molar-refractivity contribution in [3.8, 4) is 11.3 Å². The zero-order valence-electron chi connectivity index (χ0n) is 13.7. The van der Waals surface area contributed by atoms with Crippen LogP contribution in [-0.2, 0) is 0 Å². The topological polar surface area (TPSA) is 46.4 Å². The van der Waals surface area contributed by atoms with Gasteiger partial charge in [0.15, 0.2) is 4.96 Å². The van der Waals surface area contributed by atoms with Crippen LogP contribution in [0.3, 0.4) is 0 Å². The highest BCUT2D eigenvalue weighted by Crippen LogP contribution is 2.28. The van der Waals surface area contributed by atoms with Crippen LogP contribution in [0.5, 0.6) is 0 Å². The highest BCUT2D eigenvalue weighted by molar-refractivity contribution is 7.19. The molecule has 1 N–H and O–H groups in total. The highest BCUT2D eigenvalue weighted by Gasteiger charge is 2.19. The Morgan fingerprint density at radius 2 is 1.85 bits per heavy atom. The van der Waals surface area contributed by atoms with Gasteiger partial charge in [0, 0.05) is 17.5 Å². The number of carbonyl (C=O) groups excluding carboxylic acids is 1. The molecule has 130 valence electrons. The van der Waals surface area contributed by atoms with Crippen molar-refractivity contribution in [1.29, 1.82) is 0 Å². The zero-order chi connectivity index (χ0) is 18.3. The molecule has 0 spiro atoms. The summed E-state index contributed by atoms with van der Waals surface area (Å²) in [5.41, 5.74) is 2.33. The van der Waals surface area contributed by atoms with Crippen LogP contribution in [0, 0.1) is 18.6 Å². The van der Waals surface area contributed by atoms with Gasteiger partial charge in [-0.15, -0.1) is 0 Å². The van der Waals surface area contributed by atoms with Crippen molar-refractivity contribution < 1.29 is 13.6 Å². The van der Waals surface area contributed by atoms with Crippen molar-refractivity contribution in [1.82, 2.24) is 9.38 Å². The van der Waals surface area contributed by atoms with E-state index in [-0.39, 0.29) is 17.4 Å². The lowest BCUT2D eigenvalue weighted by atomic mass is 10.2. The largest absolute Gasteiger partial charge is 0.319 e. The number of para-hydroxylation sites is 1. The fourth-order valence-electron chi connectivity index (χ4n) is 2.66. The van der Waals surface area contributed by atoms with E-state index in [2.05, 4.69) is 10.3 Å². The minimum atomic E-state index is -0.488. The number of thiazole rings is 1. The second kappa shape index (κ2) is 6.34. The lowest BCUT2D eigenvalue weighted by Crippen LogP contribution is -2.12. The Morgan fingerprint density at radius 3 is 2.54 bits per heavy atom. The van der Waals surface area contributed by atoms with Gasteiger partial charge in [-0.25, -0.2) is 13.8 Å². The number of rotatable bonds is 3. The summed E-state index contributed by atoms with van der Waals surface area (Å²) in [5, 5.41) is 2.58. The summed E-state index contributed by atoms with van der Waals surface area (Å²) >= 11 is 1.22. The van der Waals surface area contributed by atoms with Gasteiger partial charge in [-0.3, -0.25) is 9.20 Å². The van der Waals surface area contributed by atoms with Crippen LogP contribution in [0.1, 0.15) is 15.4 Å². The molecule has 26 heavy (non-hydrogen) atoms. The van der Waals surface area contributed by atoms with E-state index in [0.29, 0.717) is 21.2 Å². The second-order valence-electron chi connectivity index (χ2n) is 5.74. The van der Waals surface area contributed by atoms with E-state index in [1.54, 1.807) is 41.8 Å². The van der Waals surface area contributed by atoms with Gasteiger partial charge in [0.2, 0.25) is 0 Å². The predicted molar refractivity (Wildman–Crippen MR) is 97.6 cm³/mol. The van der Waals surface area contributed by atoms with Crippen LogP contribution in [-0.4, -0.2) is 15.3 Å². The van der Waals surface area contributed by atoms with Crippen molar-refractivity contribution in [2.75, 3.05) is 5.32 Å². The molecule has 0 bridgehead atoms. The second-order valence-corrected chi connectivity index (χ2v) is 6.71. The van der Waals surface area contributed by atoms with Gasteiger partial charge >= 0.3 is 0 Å². The summed E-state index contributed by atoms with van der Waals surface area (Å²) in [6.07, 6.45) is 1.80. The van der Waals surface area contributed by atoms with E-state index in [4.69, 9.17) is 0 Å². The average molecular weight is 369 g/mol. The molecule has 1 amide bonds. The van der Waals surface area contributed by atoms with E-state index in [0.717, 1.165) is 5.56 Å². The Kier molecular flexibility index (Phi) is 4.00. The molecule has 4 nitrogen and oxygen atoms in total. The maximum absolute atomic E-state index is 13.7. The number of anilines is 1. The molecule has 0 aliphatic carbocycles. The first kappa shape index (κ1) is 16.4. The standard InChI is InChI=1S/C19H13F2N3OS/c1-11-17(18(25)22-15-5-3-2-4-14(15)21)26-19-23-16(10-24(11)19)12-6-8-13(20)9-7-12/h2-10H,1H3,(H,22,25). The van der Waals surface area contributed by atoms with Crippen LogP contribution in [0.15, 0.2) is 54.7 Å². The third-order valence-corrected chi connectivity index (χ3v) is 5.18. The zero-order valence-corrected chi connectivity index (χ0v) is 14.5. The number of hydrogen-bond acceptors (Lipinski definition) is 3. The first-order chi connectivity index (χ1) is 12.5. The molecule has 4 rings (SSSR count). The Balaban J connectivity index is 1.66. The van der Waals surface area contributed by atoms with Crippen LogP contribution in [0.25, 0.3) is 16.2 Å².